The van der Waals surface area contributed by atoms with E-state index in [1.165, 1.54) is 8.61 Å². The molecule has 0 bridgehead atoms. The van der Waals surface area contributed by atoms with Crippen LogP contribution >= 0.6 is 0 Å². The van der Waals surface area contributed by atoms with Gasteiger partial charge in [0.15, 0.2) is 0 Å². The molecule has 27 heavy (non-hydrogen) atoms. The van der Waals surface area contributed by atoms with Crippen LogP contribution in [0.2, 0.25) is 0 Å². The average molecular weight is 400 g/mol. The van der Waals surface area contributed by atoms with Gasteiger partial charge in [-0.3, -0.25) is 9.48 Å². The summed E-state index contributed by atoms with van der Waals surface area (Å²) in [5.74, 6) is -0.0353. The van der Waals surface area contributed by atoms with Crippen molar-refractivity contribution in [1.82, 2.24) is 23.3 Å². The second-order valence-corrected chi connectivity index (χ2v) is 9.38. The average Bonchev–Trinajstić information content (AvgIpc) is 2.91. The molecule has 2 saturated heterocycles. The van der Waals surface area contributed by atoms with Gasteiger partial charge >= 0.3 is 0 Å². The SMILES string of the molecule is Cc1cc(C)n(CC(=O)N2CCN(S(=O)(=O)N3C[C@@H](C)O[C@H](C)C3)CC2)n1. The largest absolute Gasteiger partial charge is 0.373 e. The summed E-state index contributed by atoms with van der Waals surface area (Å²) in [6.07, 6.45) is -0.237. The van der Waals surface area contributed by atoms with Gasteiger partial charge < -0.3 is 9.64 Å². The molecule has 0 saturated carbocycles. The van der Waals surface area contributed by atoms with Crippen LogP contribution in [0.5, 0.6) is 0 Å². The molecule has 3 rings (SSSR count). The molecule has 0 aromatic carbocycles. The molecule has 1 amide bonds. The smallest absolute Gasteiger partial charge is 0.282 e. The van der Waals surface area contributed by atoms with E-state index in [0.717, 1.165) is 11.4 Å². The van der Waals surface area contributed by atoms with Crippen LogP contribution in [-0.2, 0) is 26.3 Å². The van der Waals surface area contributed by atoms with Crippen molar-refractivity contribution in [3.63, 3.8) is 0 Å². The molecule has 0 radical (unpaired) electrons. The molecule has 1 aromatic rings. The zero-order valence-electron chi connectivity index (χ0n) is 16.5. The molecule has 2 fully saturated rings. The van der Waals surface area contributed by atoms with Gasteiger partial charge in [0.25, 0.3) is 10.2 Å². The molecule has 2 aliphatic heterocycles. The van der Waals surface area contributed by atoms with Crippen LogP contribution in [0.3, 0.4) is 0 Å². The van der Waals surface area contributed by atoms with E-state index in [1.54, 1.807) is 9.58 Å². The van der Waals surface area contributed by atoms with Crippen molar-refractivity contribution in [3.05, 3.63) is 17.5 Å². The zero-order chi connectivity index (χ0) is 19.8. The van der Waals surface area contributed by atoms with E-state index < -0.39 is 10.2 Å². The van der Waals surface area contributed by atoms with Crippen LogP contribution in [0.15, 0.2) is 6.07 Å². The molecule has 3 heterocycles. The third kappa shape index (κ3) is 4.50. The van der Waals surface area contributed by atoms with Crippen molar-refractivity contribution >= 4 is 16.1 Å². The molecule has 2 aliphatic rings. The number of rotatable bonds is 4. The highest BCUT2D eigenvalue weighted by molar-refractivity contribution is 7.86. The van der Waals surface area contributed by atoms with E-state index in [2.05, 4.69) is 5.10 Å². The Labute approximate surface area is 161 Å². The number of nitrogens with zero attached hydrogens (tertiary/aromatic N) is 5. The van der Waals surface area contributed by atoms with Gasteiger partial charge in [-0.1, -0.05) is 0 Å². The minimum Gasteiger partial charge on any atom is -0.373 e. The van der Waals surface area contributed by atoms with Gasteiger partial charge in [-0.2, -0.15) is 22.1 Å². The topological polar surface area (TPSA) is 88.0 Å². The predicted molar refractivity (Wildman–Crippen MR) is 100 cm³/mol. The number of amides is 1. The maximum atomic E-state index is 12.9. The Hall–Kier alpha value is -1.49. The Morgan fingerprint density at radius 3 is 2.22 bits per heavy atom. The molecule has 10 heteroatoms. The molecule has 0 aliphatic carbocycles. The van der Waals surface area contributed by atoms with Gasteiger partial charge in [0, 0.05) is 45.0 Å². The van der Waals surface area contributed by atoms with Gasteiger partial charge in [0.1, 0.15) is 6.54 Å². The molecular weight excluding hydrogens is 370 g/mol. The molecule has 0 unspecified atom stereocenters. The number of carbonyl (C=O) groups excluding carboxylic acids is 1. The van der Waals surface area contributed by atoms with Crippen molar-refractivity contribution in [2.45, 2.75) is 46.4 Å². The lowest BCUT2D eigenvalue weighted by molar-refractivity contribution is -0.133. The van der Waals surface area contributed by atoms with E-state index in [9.17, 15) is 13.2 Å². The van der Waals surface area contributed by atoms with E-state index in [0.29, 0.717) is 39.3 Å². The first-order valence-corrected chi connectivity index (χ1v) is 10.8. The van der Waals surface area contributed by atoms with Crippen LogP contribution in [-0.4, -0.2) is 89.1 Å². The van der Waals surface area contributed by atoms with Crippen molar-refractivity contribution < 1.29 is 17.9 Å². The van der Waals surface area contributed by atoms with E-state index >= 15 is 0 Å². The van der Waals surface area contributed by atoms with E-state index in [1.807, 2.05) is 33.8 Å². The Kier molecular flexibility index (Phi) is 5.90. The molecule has 0 N–H and O–H groups in total. The van der Waals surface area contributed by atoms with Crippen LogP contribution < -0.4 is 0 Å². The summed E-state index contributed by atoms with van der Waals surface area (Å²) < 4.78 is 36.1. The lowest BCUT2D eigenvalue weighted by atomic mass is 10.3. The number of hydrogen-bond acceptors (Lipinski definition) is 5. The Morgan fingerprint density at radius 1 is 1.11 bits per heavy atom. The quantitative estimate of drug-likeness (QED) is 0.711. The fourth-order valence-electron chi connectivity index (χ4n) is 3.71. The minimum atomic E-state index is -3.53. The maximum Gasteiger partial charge on any atom is 0.282 e. The van der Waals surface area contributed by atoms with Gasteiger partial charge in [0.05, 0.1) is 17.9 Å². The van der Waals surface area contributed by atoms with Gasteiger partial charge in [-0.25, -0.2) is 0 Å². The lowest BCUT2D eigenvalue weighted by Gasteiger charge is -2.40. The summed E-state index contributed by atoms with van der Waals surface area (Å²) in [5.41, 5.74) is 1.82. The van der Waals surface area contributed by atoms with E-state index in [4.69, 9.17) is 4.74 Å². The number of carbonyl (C=O) groups is 1. The highest BCUT2D eigenvalue weighted by Gasteiger charge is 2.37. The van der Waals surface area contributed by atoms with E-state index in [-0.39, 0.29) is 24.7 Å². The Bertz CT molecular complexity index is 775. The molecule has 2 atom stereocenters. The summed E-state index contributed by atoms with van der Waals surface area (Å²) in [5, 5.41) is 4.32. The predicted octanol–water partition coefficient (Wildman–Crippen LogP) is -0.00186. The van der Waals surface area contributed by atoms with Gasteiger partial charge in [-0.05, 0) is 33.8 Å². The molecular formula is C17H29N5O4S. The highest BCUT2D eigenvalue weighted by Crippen LogP contribution is 2.19. The molecule has 0 spiro atoms. The third-order valence-electron chi connectivity index (χ3n) is 5.02. The molecule has 1 aromatic heterocycles. The summed E-state index contributed by atoms with van der Waals surface area (Å²) in [6.45, 7) is 9.91. The fourth-order valence-corrected chi connectivity index (χ4v) is 5.46. The van der Waals surface area contributed by atoms with Crippen LogP contribution in [0, 0.1) is 13.8 Å². The monoisotopic (exact) mass is 399 g/mol. The summed E-state index contributed by atoms with van der Waals surface area (Å²) in [6, 6.07) is 1.93. The van der Waals surface area contributed by atoms with Gasteiger partial charge in [-0.15, -0.1) is 0 Å². The normalized spacial score (nSPS) is 25.7. The first-order chi connectivity index (χ1) is 12.7. The van der Waals surface area contributed by atoms with Crippen molar-refractivity contribution in [1.29, 1.82) is 0 Å². The minimum absolute atomic E-state index is 0.0353. The highest BCUT2D eigenvalue weighted by atomic mass is 32.2. The second kappa shape index (κ2) is 7.86. The lowest BCUT2D eigenvalue weighted by Crippen LogP contribution is -2.57. The van der Waals surface area contributed by atoms with Crippen LogP contribution in [0.25, 0.3) is 0 Å². The maximum absolute atomic E-state index is 12.9. The number of aryl methyl sites for hydroxylation is 2. The number of aromatic nitrogens is 2. The molecule has 9 nitrogen and oxygen atoms in total. The summed E-state index contributed by atoms with van der Waals surface area (Å²) in [7, 11) is -3.53. The first-order valence-electron chi connectivity index (χ1n) is 9.36. The van der Waals surface area contributed by atoms with Crippen LogP contribution in [0.4, 0.5) is 0 Å². The van der Waals surface area contributed by atoms with Crippen molar-refractivity contribution in [3.8, 4) is 0 Å². The Morgan fingerprint density at radius 2 is 1.70 bits per heavy atom. The molecule has 152 valence electrons. The Balaban J connectivity index is 1.58. The summed E-state index contributed by atoms with van der Waals surface area (Å²) in [4.78, 5) is 14.3. The third-order valence-corrected chi connectivity index (χ3v) is 6.99. The zero-order valence-corrected chi connectivity index (χ0v) is 17.3. The summed E-state index contributed by atoms with van der Waals surface area (Å²) >= 11 is 0. The fraction of sp³-hybridized carbons (Fsp3) is 0.765. The number of morpholine rings is 1. The first kappa shape index (κ1) is 20.2. The second-order valence-electron chi connectivity index (χ2n) is 7.45. The number of ether oxygens (including phenoxy) is 1. The van der Waals surface area contributed by atoms with Crippen molar-refractivity contribution in [2.24, 2.45) is 0 Å². The van der Waals surface area contributed by atoms with Crippen LogP contribution in [0.1, 0.15) is 25.2 Å². The van der Waals surface area contributed by atoms with Gasteiger partial charge in [0.2, 0.25) is 5.91 Å². The number of hydrogen-bond donors (Lipinski definition) is 0. The number of piperazine rings is 1. The van der Waals surface area contributed by atoms with Crippen molar-refractivity contribution in [2.75, 3.05) is 39.3 Å². The standard InChI is InChI=1S/C17H29N5O4S/c1-13-9-14(2)22(18-13)12-17(23)19-5-7-20(8-6-19)27(24,25)21-10-15(3)26-16(4)11-21/h9,15-16H,5-8,10-12H2,1-4H3/t15-,16-/m1/s1.